The van der Waals surface area contributed by atoms with E-state index in [1.54, 1.807) is 11.9 Å². The summed E-state index contributed by atoms with van der Waals surface area (Å²) in [5.41, 5.74) is -0.290. The van der Waals surface area contributed by atoms with Crippen molar-refractivity contribution in [3.63, 3.8) is 0 Å². The second kappa shape index (κ2) is 8.51. The zero-order valence-corrected chi connectivity index (χ0v) is 16.5. The molecular formula is C16H23ClN4O5S. The number of nitro groups is 1. The molecule has 1 amide bonds. The predicted octanol–water partition coefficient (Wildman–Crippen LogP) is 0.990. The minimum atomic E-state index is -3.98. The number of rotatable bonds is 5. The average molecular weight is 419 g/mol. The van der Waals surface area contributed by atoms with E-state index in [0.29, 0.717) is 19.4 Å². The van der Waals surface area contributed by atoms with Crippen LogP contribution in [0.1, 0.15) is 19.3 Å². The summed E-state index contributed by atoms with van der Waals surface area (Å²) in [6.07, 6.45) is 1.88. The van der Waals surface area contributed by atoms with Gasteiger partial charge in [0.25, 0.3) is 5.69 Å². The molecule has 0 spiro atoms. The Kier molecular flexibility index (Phi) is 6.79. The van der Waals surface area contributed by atoms with Crippen LogP contribution < -0.4 is 5.32 Å². The molecule has 2 saturated heterocycles. The Morgan fingerprint density at radius 2 is 2.11 bits per heavy atom. The highest BCUT2D eigenvalue weighted by atomic mass is 35.5. The van der Waals surface area contributed by atoms with E-state index in [0.717, 1.165) is 19.0 Å². The molecular weight excluding hydrogens is 396 g/mol. The number of hydrogen-bond donors (Lipinski definition) is 1. The van der Waals surface area contributed by atoms with Gasteiger partial charge in [-0.25, -0.2) is 8.42 Å². The summed E-state index contributed by atoms with van der Waals surface area (Å²) in [5.74, 6) is -0.217. The van der Waals surface area contributed by atoms with Crippen molar-refractivity contribution in [1.82, 2.24) is 14.5 Å². The molecule has 1 N–H and O–H groups in total. The molecule has 1 aromatic carbocycles. The Morgan fingerprint density at radius 1 is 1.37 bits per heavy atom. The van der Waals surface area contributed by atoms with Gasteiger partial charge in [-0.05, 0) is 31.9 Å². The number of carbonyl (C=O) groups excluding carboxylic acids is 1. The summed E-state index contributed by atoms with van der Waals surface area (Å²) in [4.78, 5) is 24.7. The van der Waals surface area contributed by atoms with Crippen LogP contribution >= 0.6 is 12.4 Å². The molecule has 1 aromatic rings. The Labute approximate surface area is 164 Å². The van der Waals surface area contributed by atoms with Crippen molar-refractivity contribution in [3.8, 4) is 0 Å². The molecule has 27 heavy (non-hydrogen) atoms. The lowest BCUT2D eigenvalue weighted by molar-refractivity contribution is -0.385. The molecule has 2 heterocycles. The maximum atomic E-state index is 13.0. The zero-order chi connectivity index (χ0) is 18.9. The number of nitrogens with one attached hydrogen (secondary N) is 1. The van der Waals surface area contributed by atoms with Gasteiger partial charge < -0.3 is 10.2 Å². The minimum Gasteiger partial charge on any atom is -0.340 e. The van der Waals surface area contributed by atoms with Gasteiger partial charge in [-0.15, -0.1) is 12.4 Å². The van der Waals surface area contributed by atoms with Crippen molar-refractivity contribution in [3.05, 3.63) is 34.4 Å². The maximum Gasteiger partial charge on any atom is 0.270 e. The van der Waals surface area contributed by atoms with Crippen LogP contribution in [0.25, 0.3) is 0 Å². The molecule has 11 heteroatoms. The number of sulfonamides is 1. The number of likely N-dealkylation sites (N-methyl/N-ethyl adjacent to an activating group) is 1. The summed E-state index contributed by atoms with van der Waals surface area (Å²) < 4.78 is 27.2. The third kappa shape index (κ3) is 4.23. The van der Waals surface area contributed by atoms with Crippen molar-refractivity contribution in [2.75, 3.05) is 26.7 Å². The van der Waals surface area contributed by atoms with Crippen LogP contribution in [-0.4, -0.2) is 67.2 Å². The number of hydrogen-bond acceptors (Lipinski definition) is 6. The molecule has 0 saturated carbocycles. The fraction of sp³-hybridized carbons (Fsp3) is 0.562. The van der Waals surface area contributed by atoms with E-state index in [1.165, 1.54) is 22.5 Å². The summed E-state index contributed by atoms with van der Waals surface area (Å²) in [6.45, 7) is 1.77. The number of nitro benzene ring substituents is 1. The lowest BCUT2D eigenvalue weighted by atomic mass is 10.1. The lowest BCUT2D eigenvalue weighted by Crippen LogP contribution is -2.50. The molecule has 0 aliphatic carbocycles. The average Bonchev–Trinajstić information content (AvgIpc) is 3.32. The van der Waals surface area contributed by atoms with Crippen molar-refractivity contribution >= 4 is 34.0 Å². The third-order valence-electron chi connectivity index (χ3n) is 5.05. The summed E-state index contributed by atoms with van der Waals surface area (Å²) in [5, 5.41) is 14.1. The molecule has 2 atom stereocenters. The fourth-order valence-corrected chi connectivity index (χ4v) is 5.24. The van der Waals surface area contributed by atoms with Gasteiger partial charge in [0.05, 0.1) is 9.82 Å². The van der Waals surface area contributed by atoms with Gasteiger partial charge in [-0.3, -0.25) is 14.9 Å². The minimum absolute atomic E-state index is 0. The Bertz CT molecular complexity index is 813. The second-order valence-electron chi connectivity index (χ2n) is 6.62. The molecule has 0 radical (unpaired) electrons. The zero-order valence-electron chi connectivity index (χ0n) is 14.9. The van der Waals surface area contributed by atoms with Gasteiger partial charge in [0.2, 0.25) is 15.9 Å². The molecule has 3 rings (SSSR count). The van der Waals surface area contributed by atoms with Crippen molar-refractivity contribution < 1.29 is 18.1 Å². The fourth-order valence-electron chi connectivity index (χ4n) is 3.55. The predicted molar refractivity (Wildman–Crippen MR) is 101 cm³/mol. The first-order chi connectivity index (χ1) is 12.3. The third-order valence-corrected chi connectivity index (χ3v) is 6.96. The van der Waals surface area contributed by atoms with Gasteiger partial charge >= 0.3 is 0 Å². The summed E-state index contributed by atoms with van der Waals surface area (Å²) in [6, 6.07) is 4.25. The quantitative estimate of drug-likeness (QED) is 0.563. The first kappa shape index (κ1) is 21.5. The van der Waals surface area contributed by atoms with E-state index in [4.69, 9.17) is 0 Å². The molecule has 0 aromatic heterocycles. The standard InChI is InChI=1S/C16H22N4O5S.ClH/c1-18(13-7-8-17-11-13)16(21)15-6-3-9-19(15)26(24,25)14-5-2-4-12(10-14)20(22)23;/h2,4-5,10,13,15,17H,3,6-9,11H2,1H3;1H. The topological polar surface area (TPSA) is 113 Å². The highest BCUT2D eigenvalue weighted by Gasteiger charge is 2.42. The summed E-state index contributed by atoms with van der Waals surface area (Å²) in [7, 11) is -2.28. The van der Waals surface area contributed by atoms with E-state index in [2.05, 4.69) is 5.32 Å². The molecule has 150 valence electrons. The van der Waals surface area contributed by atoms with Crippen molar-refractivity contribution in [2.24, 2.45) is 0 Å². The first-order valence-corrected chi connectivity index (χ1v) is 10.00. The van der Waals surface area contributed by atoms with Crippen molar-refractivity contribution in [1.29, 1.82) is 0 Å². The van der Waals surface area contributed by atoms with E-state index in [1.807, 2.05) is 0 Å². The van der Waals surface area contributed by atoms with E-state index in [-0.39, 0.29) is 41.5 Å². The van der Waals surface area contributed by atoms with Gasteiger partial charge in [-0.1, -0.05) is 6.07 Å². The molecule has 2 fully saturated rings. The molecule has 2 unspecified atom stereocenters. The van der Waals surface area contributed by atoms with Crippen LogP contribution in [0.5, 0.6) is 0 Å². The van der Waals surface area contributed by atoms with Gasteiger partial charge in [0.15, 0.2) is 0 Å². The molecule has 2 aliphatic rings. The summed E-state index contributed by atoms with van der Waals surface area (Å²) >= 11 is 0. The highest BCUT2D eigenvalue weighted by molar-refractivity contribution is 7.89. The van der Waals surface area contributed by atoms with Gasteiger partial charge in [0.1, 0.15) is 6.04 Å². The number of nitrogens with zero attached hydrogens (tertiary/aromatic N) is 3. The molecule has 0 bridgehead atoms. The number of amides is 1. The van der Waals surface area contributed by atoms with E-state index < -0.39 is 21.0 Å². The van der Waals surface area contributed by atoms with Gasteiger partial charge in [-0.2, -0.15) is 4.31 Å². The maximum absolute atomic E-state index is 13.0. The lowest BCUT2D eigenvalue weighted by Gasteiger charge is -2.30. The largest absolute Gasteiger partial charge is 0.340 e. The van der Waals surface area contributed by atoms with Crippen LogP contribution in [0.2, 0.25) is 0 Å². The SMILES string of the molecule is CN(C(=O)C1CCCN1S(=O)(=O)c1cccc([N+](=O)[O-])c1)C1CCNC1.Cl. The number of halogens is 1. The van der Waals surface area contributed by atoms with Crippen LogP contribution in [0.4, 0.5) is 5.69 Å². The monoisotopic (exact) mass is 418 g/mol. The second-order valence-corrected chi connectivity index (χ2v) is 8.51. The molecule has 9 nitrogen and oxygen atoms in total. The Hall–Kier alpha value is -1.75. The Balaban J connectivity index is 0.00000261. The normalized spacial score (nSPS) is 23.0. The van der Waals surface area contributed by atoms with Crippen LogP contribution in [0, 0.1) is 10.1 Å². The van der Waals surface area contributed by atoms with E-state index in [9.17, 15) is 23.3 Å². The molecule has 2 aliphatic heterocycles. The highest BCUT2D eigenvalue weighted by Crippen LogP contribution is 2.29. The number of non-ortho nitro benzene ring substituents is 1. The van der Waals surface area contributed by atoms with Crippen molar-refractivity contribution in [2.45, 2.75) is 36.2 Å². The van der Waals surface area contributed by atoms with Crippen LogP contribution in [-0.2, 0) is 14.8 Å². The van der Waals surface area contributed by atoms with Crippen LogP contribution in [0.3, 0.4) is 0 Å². The van der Waals surface area contributed by atoms with E-state index >= 15 is 0 Å². The number of benzene rings is 1. The smallest absolute Gasteiger partial charge is 0.270 e. The number of carbonyl (C=O) groups is 1. The first-order valence-electron chi connectivity index (χ1n) is 8.56. The Morgan fingerprint density at radius 3 is 2.74 bits per heavy atom. The van der Waals surface area contributed by atoms with Crippen LogP contribution in [0.15, 0.2) is 29.2 Å². The van der Waals surface area contributed by atoms with Gasteiger partial charge in [0, 0.05) is 38.3 Å².